The Morgan fingerprint density at radius 3 is 2.55 bits per heavy atom. The minimum absolute atomic E-state index is 0.0825. The number of benzene rings is 1. The predicted molar refractivity (Wildman–Crippen MR) is 81.9 cm³/mol. The van der Waals surface area contributed by atoms with Crippen LogP contribution in [0.25, 0.3) is 0 Å². The monoisotopic (exact) mass is 309 g/mol. The number of hydrogen-bond donors (Lipinski definition) is 3. The number of nitrogens with one attached hydrogen (secondary N) is 3. The number of rotatable bonds is 4. The Balaban J connectivity index is 1.62. The Labute approximate surface area is 126 Å². The van der Waals surface area contributed by atoms with Gasteiger partial charge in [-0.3, -0.25) is 20.4 Å². The zero-order chi connectivity index (χ0) is 14.4. The van der Waals surface area contributed by atoms with Crippen LogP contribution >= 0.6 is 24.0 Å². The van der Waals surface area contributed by atoms with Crippen LogP contribution in [0.3, 0.4) is 0 Å². The third-order valence-corrected chi connectivity index (χ3v) is 3.83. The average Bonchev–Trinajstić information content (AvgIpc) is 3.28. The molecule has 0 bridgehead atoms. The van der Waals surface area contributed by atoms with Crippen molar-refractivity contribution in [2.75, 3.05) is 5.75 Å². The van der Waals surface area contributed by atoms with Gasteiger partial charge in [-0.05, 0) is 37.2 Å². The molecule has 106 valence electrons. The zero-order valence-corrected chi connectivity index (χ0v) is 12.4. The van der Waals surface area contributed by atoms with Crippen LogP contribution in [-0.2, 0) is 9.59 Å². The molecule has 0 saturated heterocycles. The molecule has 0 unspecified atom stereocenters. The molecule has 2 amide bonds. The topological polar surface area (TPSA) is 70.2 Å². The molecule has 1 aliphatic carbocycles. The molecule has 1 aromatic carbocycles. The van der Waals surface area contributed by atoms with Crippen LogP contribution in [-0.4, -0.2) is 22.7 Å². The molecule has 5 nitrogen and oxygen atoms in total. The number of carbonyl (C=O) groups is 2. The quantitative estimate of drug-likeness (QED) is 0.443. The van der Waals surface area contributed by atoms with Gasteiger partial charge in [-0.2, -0.15) is 0 Å². The number of amides is 2. The third kappa shape index (κ3) is 5.18. The number of hydrazine groups is 1. The Morgan fingerprint density at radius 2 is 1.90 bits per heavy atom. The SMILES string of the molecule is O=C(CSc1ccccc1)NNC(=S)NC(=O)C1CC1. The van der Waals surface area contributed by atoms with Crippen molar-refractivity contribution in [3.05, 3.63) is 30.3 Å². The summed E-state index contributed by atoms with van der Waals surface area (Å²) in [7, 11) is 0. The fraction of sp³-hybridized carbons (Fsp3) is 0.308. The van der Waals surface area contributed by atoms with Crippen LogP contribution in [0.2, 0.25) is 0 Å². The lowest BCUT2D eigenvalue weighted by Gasteiger charge is -2.10. The van der Waals surface area contributed by atoms with Gasteiger partial charge in [0.1, 0.15) is 0 Å². The van der Waals surface area contributed by atoms with E-state index in [1.807, 2.05) is 30.3 Å². The highest BCUT2D eigenvalue weighted by Gasteiger charge is 2.29. The van der Waals surface area contributed by atoms with Gasteiger partial charge >= 0.3 is 0 Å². The van der Waals surface area contributed by atoms with E-state index in [9.17, 15) is 9.59 Å². The fourth-order valence-electron chi connectivity index (χ4n) is 1.42. The van der Waals surface area contributed by atoms with Gasteiger partial charge in [0.05, 0.1) is 5.75 Å². The predicted octanol–water partition coefficient (Wildman–Crippen LogP) is 1.21. The molecule has 0 heterocycles. The highest BCUT2D eigenvalue weighted by atomic mass is 32.2. The van der Waals surface area contributed by atoms with Crippen LogP contribution in [0, 0.1) is 5.92 Å². The Bertz CT molecular complexity index is 504. The standard InChI is InChI=1S/C13H15N3O2S2/c17-11(8-20-10-4-2-1-3-5-10)15-16-13(19)14-12(18)9-6-7-9/h1-5,9H,6-8H2,(H,15,17)(H2,14,16,18,19). The summed E-state index contributed by atoms with van der Waals surface area (Å²) in [6.07, 6.45) is 1.82. The van der Waals surface area contributed by atoms with E-state index in [0.717, 1.165) is 17.7 Å². The zero-order valence-electron chi connectivity index (χ0n) is 10.7. The van der Waals surface area contributed by atoms with Crippen LogP contribution < -0.4 is 16.2 Å². The molecule has 1 saturated carbocycles. The van der Waals surface area contributed by atoms with Gasteiger partial charge in [-0.1, -0.05) is 18.2 Å². The first-order chi connectivity index (χ1) is 9.65. The van der Waals surface area contributed by atoms with E-state index in [4.69, 9.17) is 12.2 Å². The molecule has 7 heteroatoms. The lowest BCUT2D eigenvalue weighted by atomic mass is 10.4. The normalized spacial score (nSPS) is 13.4. The number of thioether (sulfide) groups is 1. The molecule has 1 fully saturated rings. The van der Waals surface area contributed by atoms with Crippen LogP contribution in [0.15, 0.2) is 35.2 Å². The van der Waals surface area contributed by atoms with Gasteiger partial charge in [-0.25, -0.2) is 0 Å². The summed E-state index contributed by atoms with van der Waals surface area (Å²) >= 11 is 6.34. The molecule has 1 aromatic rings. The van der Waals surface area contributed by atoms with Gasteiger partial charge in [0, 0.05) is 10.8 Å². The Morgan fingerprint density at radius 1 is 1.20 bits per heavy atom. The molecule has 0 atom stereocenters. The summed E-state index contributed by atoms with van der Waals surface area (Å²) < 4.78 is 0. The van der Waals surface area contributed by atoms with E-state index < -0.39 is 0 Å². The second kappa shape index (κ2) is 7.25. The summed E-state index contributed by atoms with van der Waals surface area (Å²) in [5.41, 5.74) is 4.97. The molecule has 3 N–H and O–H groups in total. The summed E-state index contributed by atoms with van der Waals surface area (Å²) in [5, 5.41) is 2.66. The molecular formula is C13H15N3O2S2. The van der Waals surface area contributed by atoms with Crippen LogP contribution in [0.1, 0.15) is 12.8 Å². The summed E-state index contributed by atoms with van der Waals surface area (Å²) in [6, 6.07) is 9.63. The van der Waals surface area contributed by atoms with E-state index in [-0.39, 0.29) is 28.6 Å². The van der Waals surface area contributed by atoms with E-state index in [1.165, 1.54) is 11.8 Å². The van der Waals surface area contributed by atoms with E-state index in [2.05, 4.69) is 16.2 Å². The smallest absolute Gasteiger partial charge is 0.248 e. The Hall–Kier alpha value is -1.60. The van der Waals surface area contributed by atoms with E-state index in [1.54, 1.807) is 0 Å². The van der Waals surface area contributed by atoms with Crippen molar-refractivity contribution in [3.63, 3.8) is 0 Å². The molecule has 20 heavy (non-hydrogen) atoms. The second-order valence-corrected chi connectivity index (χ2v) is 5.82. The highest BCUT2D eigenvalue weighted by Crippen LogP contribution is 2.28. The van der Waals surface area contributed by atoms with Crippen molar-refractivity contribution in [1.82, 2.24) is 16.2 Å². The summed E-state index contributed by atoms with van der Waals surface area (Å²) in [6.45, 7) is 0. The van der Waals surface area contributed by atoms with Crippen molar-refractivity contribution in [1.29, 1.82) is 0 Å². The van der Waals surface area contributed by atoms with Crippen LogP contribution in [0.5, 0.6) is 0 Å². The van der Waals surface area contributed by atoms with Crippen molar-refractivity contribution in [2.24, 2.45) is 5.92 Å². The lowest BCUT2D eigenvalue weighted by molar-refractivity contribution is -0.121. The summed E-state index contributed by atoms with van der Waals surface area (Å²) in [5.74, 6) is 0.0623. The highest BCUT2D eigenvalue weighted by molar-refractivity contribution is 8.00. The maximum atomic E-state index is 11.6. The van der Waals surface area contributed by atoms with Crippen molar-refractivity contribution < 1.29 is 9.59 Å². The number of carbonyl (C=O) groups excluding carboxylic acids is 2. The second-order valence-electron chi connectivity index (χ2n) is 4.37. The Kier molecular flexibility index (Phi) is 5.37. The van der Waals surface area contributed by atoms with Gasteiger partial charge < -0.3 is 5.32 Å². The molecule has 1 aliphatic rings. The van der Waals surface area contributed by atoms with Crippen LogP contribution in [0.4, 0.5) is 0 Å². The van der Waals surface area contributed by atoms with E-state index in [0.29, 0.717) is 0 Å². The van der Waals surface area contributed by atoms with Gasteiger partial charge in [0.15, 0.2) is 5.11 Å². The molecule has 2 rings (SSSR count). The third-order valence-electron chi connectivity index (χ3n) is 2.61. The first-order valence-electron chi connectivity index (χ1n) is 6.22. The minimum atomic E-state index is -0.207. The largest absolute Gasteiger partial charge is 0.302 e. The maximum absolute atomic E-state index is 11.6. The maximum Gasteiger partial charge on any atom is 0.248 e. The molecule has 0 aliphatic heterocycles. The van der Waals surface area contributed by atoms with E-state index >= 15 is 0 Å². The first-order valence-corrected chi connectivity index (χ1v) is 7.62. The van der Waals surface area contributed by atoms with Gasteiger partial charge in [0.25, 0.3) is 0 Å². The molecular weight excluding hydrogens is 294 g/mol. The molecule has 0 spiro atoms. The summed E-state index contributed by atoms with van der Waals surface area (Å²) in [4.78, 5) is 24.0. The van der Waals surface area contributed by atoms with Crippen molar-refractivity contribution in [3.8, 4) is 0 Å². The molecule has 0 radical (unpaired) electrons. The number of thiocarbonyl (C=S) groups is 1. The number of hydrogen-bond acceptors (Lipinski definition) is 4. The average molecular weight is 309 g/mol. The first kappa shape index (κ1) is 14.8. The van der Waals surface area contributed by atoms with Crippen molar-refractivity contribution >= 4 is 40.9 Å². The minimum Gasteiger partial charge on any atom is -0.302 e. The molecule has 0 aromatic heterocycles. The van der Waals surface area contributed by atoms with Crippen molar-refractivity contribution in [2.45, 2.75) is 17.7 Å². The fourth-order valence-corrected chi connectivity index (χ4v) is 2.29. The lowest BCUT2D eigenvalue weighted by Crippen LogP contribution is -2.49. The van der Waals surface area contributed by atoms with Gasteiger partial charge in [-0.15, -0.1) is 11.8 Å². The van der Waals surface area contributed by atoms with Gasteiger partial charge in [0.2, 0.25) is 11.8 Å².